The van der Waals surface area contributed by atoms with Crippen LogP contribution in [0.1, 0.15) is 18.5 Å². The van der Waals surface area contributed by atoms with Crippen LogP contribution in [-0.4, -0.2) is 32.9 Å². The van der Waals surface area contributed by atoms with E-state index in [1.165, 1.54) is 30.5 Å². The lowest BCUT2D eigenvalue weighted by Gasteiger charge is -2.15. The summed E-state index contributed by atoms with van der Waals surface area (Å²) in [4.78, 5) is 0.0972. The summed E-state index contributed by atoms with van der Waals surface area (Å²) in [6.45, 7) is 0.792. The number of aryl methyl sites for hydroxylation is 1. The van der Waals surface area contributed by atoms with Gasteiger partial charge in [-0.15, -0.1) is 0 Å². The van der Waals surface area contributed by atoms with Crippen LogP contribution in [0, 0.1) is 0 Å². The monoisotopic (exact) mass is 355 g/mol. The Morgan fingerprint density at radius 3 is 2.35 bits per heavy atom. The van der Waals surface area contributed by atoms with Crippen LogP contribution in [0.5, 0.6) is 0 Å². The molecule has 1 aliphatic rings. The third-order valence-electron chi connectivity index (χ3n) is 3.79. The van der Waals surface area contributed by atoms with Crippen LogP contribution >= 0.6 is 0 Å². The van der Waals surface area contributed by atoms with Crippen molar-refractivity contribution in [1.82, 2.24) is 9.78 Å². The largest absolute Gasteiger partial charge is 0.276 e. The highest BCUT2D eigenvalue weighted by atomic mass is 32.2. The zero-order valence-electron chi connectivity index (χ0n) is 12.6. The van der Waals surface area contributed by atoms with Crippen LogP contribution in [0.3, 0.4) is 0 Å². The van der Waals surface area contributed by atoms with Crippen molar-refractivity contribution in [3.63, 3.8) is 0 Å². The Morgan fingerprint density at radius 1 is 1.04 bits per heavy atom. The Balaban J connectivity index is 1.89. The van der Waals surface area contributed by atoms with Gasteiger partial charge in [-0.2, -0.15) is 5.10 Å². The number of hydrogen-bond donors (Lipinski definition) is 1. The molecule has 0 saturated heterocycles. The molecule has 1 aromatic heterocycles. The van der Waals surface area contributed by atoms with Crippen LogP contribution in [0.15, 0.2) is 40.3 Å². The van der Waals surface area contributed by atoms with E-state index in [1.54, 1.807) is 0 Å². The van der Waals surface area contributed by atoms with E-state index in [9.17, 15) is 16.8 Å². The van der Waals surface area contributed by atoms with Crippen molar-refractivity contribution in [2.24, 2.45) is 0 Å². The molecule has 7 nitrogen and oxygen atoms in total. The van der Waals surface area contributed by atoms with E-state index in [4.69, 9.17) is 0 Å². The maximum absolute atomic E-state index is 12.4. The van der Waals surface area contributed by atoms with Crippen molar-refractivity contribution in [2.75, 3.05) is 11.0 Å². The number of nitrogens with one attached hydrogen (secondary N) is 1. The molecule has 0 atom stereocenters. The molecule has 1 aromatic carbocycles. The van der Waals surface area contributed by atoms with E-state index in [0.29, 0.717) is 5.69 Å². The van der Waals surface area contributed by atoms with Gasteiger partial charge in [-0.25, -0.2) is 16.8 Å². The maximum Gasteiger partial charge on any atom is 0.262 e. The number of rotatable bonds is 4. The SMILES string of the molecule is CS(=O)(=O)c1ccc(S(=O)(=O)Nc2cnn3c2CCCC3)cc1. The van der Waals surface area contributed by atoms with Crippen LogP contribution in [0.4, 0.5) is 5.69 Å². The molecule has 2 heterocycles. The van der Waals surface area contributed by atoms with Gasteiger partial charge in [-0.05, 0) is 43.5 Å². The number of benzene rings is 1. The summed E-state index contributed by atoms with van der Waals surface area (Å²) in [5, 5.41) is 4.19. The molecular formula is C14H17N3O4S2. The molecule has 0 aliphatic carbocycles. The minimum absolute atomic E-state index is 0.0145. The molecule has 0 fully saturated rings. The standard InChI is InChI=1S/C14H17N3O4S2/c1-22(18,19)11-5-7-12(8-6-11)23(20,21)16-13-10-15-17-9-3-2-4-14(13)17/h5-8,10,16H,2-4,9H2,1H3. The molecule has 1 aliphatic heterocycles. The summed E-state index contributed by atoms with van der Waals surface area (Å²) in [6, 6.07) is 5.15. The number of aromatic nitrogens is 2. The lowest BCUT2D eigenvalue weighted by Crippen LogP contribution is -2.16. The average Bonchev–Trinajstić information content (AvgIpc) is 2.89. The fraction of sp³-hybridized carbons (Fsp3) is 0.357. The number of hydrogen-bond acceptors (Lipinski definition) is 5. The van der Waals surface area contributed by atoms with Gasteiger partial charge in [0.2, 0.25) is 0 Å². The first kappa shape index (κ1) is 16.0. The van der Waals surface area contributed by atoms with Crippen molar-refractivity contribution in [3.8, 4) is 0 Å². The van der Waals surface area contributed by atoms with Crippen LogP contribution in [-0.2, 0) is 32.8 Å². The first-order valence-corrected chi connectivity index (χ1v) is 10.5. The fourth-order valence-corrected chi connectivity index (χ4v) is 4.28. The van der Waals surface area contributed by atoms with Gasteiger partial charge in [0, 0.05) is 12.8 Å². The molecule has 0 amide bonds. The van der Waals surface area contributed by atoms with Crippen molar-refractivity contribution in [1.29, 1.82) is 0 Å². The van der Waals surface area contributed by atoms with Gasteiger partial charge < -0.3 is 0 Å². The summed E-state index contributed by atoms with van der Waals surface area (Å²) in [5.41, 5.74) is 1.37. The normalized spacial score (nSPS) is 15.2. The van der Waals surface area contributed by atoms with E-state index >= 15 is 0 Å². The second-order valence-corrected chi connectivity index (χ2v) is 9.23. The van der Waals surface area contributed by atoms with Gasteiger partial charge in [-0.3, -0.25) is 9.40 Å². The molecule has 2 aromatic rings. The van der Waals surface area contributed by atoms with Gasteiger partial charge in [0.1, 0.15) is 0 Å². The third-order valence-corrected chi connectivity index (χ3v) is 6.30. The fourth-order valence-electron chi connectivity index (χ4n) is 2.58. The second kappa shape index (κ2) is 5.64. The topological polar surface area (TPSA) is 98.1 Å². The lowest BCUT2D eigenvalue weighted by molar-refractivity contribution is 0.487. The third kappa shape index (κ3) is 3.25. The molecule has 0 unspecified atom stereocenters. The number of sulfone groups is 1. The highest BCUT2D eigenvalue weighted by molar-refractivity contribution is 7.92. The highest BCUT2D eigenvalue weighted by Crippen LogP contribution is 2.25. The van der Waals surface area contributed by atoms with Gasteiger partial charge in [-0.1, -0.05) is 0 Å². The summed E-state index contributed by atoms with van der Waals surface area (Å²) in [6.07, 6.45) is 5.42. The Bertz CT molecular complexity index is 929. The quantitative estimate of drug-likeness (QED) is 0.894. The van der Waals surface area contributed by atoms with E-state index in [0.717, 1.165) is 37.8 Å². The summed E-state index contributed by atoms with van der Waals surface area (Å²) in [5.74, 6) is 0. The Morgan fingerprint density at radius 2 is 1.70 bits per heavy atom. The molecule has 0 saturated carbocycles. The number of nitrogens with zero attached hydrogens (tertiary/aromatic N) is 2. The molecule has 0 bridgehead atoms. The molecule has 23 heavy (non-hydrogen) atoms. The average molecular weight is 355 g/mol. The molecule has 1 N–H and O–H groups in total. The minimum atomic E-state index is -3.78. The lowest BCUT2D eigenvalue weighted by atomic mass is 10.1. The predicted octanol–water partition coefficient (Wildman–Crippen LogP) is 1.42. The molecular weight excluding hydrogens is 338 g/mol. The van der Waals surface area contributed by atoms with E-state index in [2.05, 4.69) is 9.82 Å². The molecule has 124 valence electrons. The summed E-state index contributed by atoms with van der Waals surface area (Å²) >= 11 is 0. The molecule has 0 radical (unpaired) electrons. The van der Waals surface area contributed by atoms with Gasteiger partial charge in [0.15, 0.2) is 9.84 Å². The van der Waals surface area contributed by atoms with Gasteiger partial charge in [0.25, 0.3) is 10.0 Å². The predicted molar refractivity (Wildman–Crippen MR) is 85.5 cm³/mol. The second-order valence-electron chi connectivity index (χ2n) is 5.53. The van der Waals surface area contributed by atoms with Gasteiger partial charge in [0.05, 0.1) is 27.4 Å². The van der Waals surface area contributed by atoms with Crippen molar-refractivity contribution < 1.29 is 16.8 Å². The Hall–Kier alpha value is -1.87. The molecule has 0 spiro atoms. The highest BCUT2D eigenvalue weighted by Gasteiger charge is 2.21. The smallest absolute Gasteiger partial charge is 0.262 e. The maximum atomic E-state index is 12.4. The van der Waals surface area contributed by atoms with Crippen LogP contribution in [0.25, 0.3) is 0 Å². The zero-order chi connectivity index (χ0) is 16.7. The number of fused-ring (bicyclic) bond motifs is 1. The molecule has 3 rings (SSSR count). The first-order chi connectivity index (χ1) is 10.8. The molecule has 9 heteroatoms. The Kier molecular flexibility index (Phi) is 3.93. The van der Waals surface area contributed by atoms with Gasteiger partial charge >= 0.3 is 0 Å². The van der Waals surface area contributed by atoms with E-state index in [1.807, 2.05) is 4.68 Å². The summed E-state index contributed by atoms with van der Waals surface area (Å²) < 4.78 is 52.1. The summed E-state index contributed by atoms with van der Waals surface area (Å²) in [7, 11) is -7.13. The van der Waals surface area contributed by atoms with Crippen molar-refractivity contribution in [2.45, 2.75) is 35.6 Å². The Labute approximate surface area is 135 Å². The van der Waals surface area contributed by atoms with E-state index in [-0.39, 0.29) is 9.79 Å². The number of anilines is 1. The van der Waals surface area contributed by atoms with E-state index < -0.39 is 19.9 Å². The first-order valence-electron chi connectivity index (χ1n) is 7.15. The van der Waals surface area contributed by atoms with Crippen LogP contribution < -0.4 is 4.72 Å². The van der Waals surface area contributed by atoms with Crippen LogP contribution in [0.2, 0.25) is 0 Å². The zero-order valence-corrected chi connectivity index (χ0v) is 14.2. The van der Waals surface area contributed by atoms with Crippen molar-refractivity contribution in [3.05, 3.63) is 36.2 Å². The minimum Gasteiger partial charge on any atom is -0.276 e. The number of sulfonamides is 1. The van der Waals surface area contributed by atoms with Crippen molar-refractivity contribution >= 4 is 25.5 Å².